The quantitative estimate of drug-likeness (QED) is 0.915. The van der Waals surface area contributed by atoms with Crippen LogP contribution in [-0.2, 0) is 4.79 Å². The van der Waals surface area contributed by atoms with Gasteiger partial charge in [0.25, 0.3) is 5.91 Å². The Kier molecular flexibility index (Phi) is 4.66. The Morgan fingerprint density at radius 3 is 2.72 bits per heavy atom. The molecule has 2 aromatic carbocycles. The van der Waals surface area contributed by atoms with E-state index in [1.54, 1.807) is 0 Å². The van der Waals surface area contributed by atoms with Crippen molar-refractivity contribution in [1.29, 1.82) is 0 Å². The number of hydrogen-bond acceptors (Lipinski definition) is 3. The number of benzene rings is 2. The summed E-state index contributed by atoms with van der Waals surface area (Å²) in [5.41, 5.74) is 1.73. The molecule has 1 atom stereocenters. The predicted octanol–water partition coefficient (Wildman–Crippen LogP) is 3.93. The Hall–Kier alpha value is -2.56. The van der Waals surface area contributed by atoms with Crippen LogP contribution in [0.4, 0.5) is 4.39 Å². The van der Waals surface area contributed by atoms with Gasteiger partial charge in [-0.25, -0.2) is 4.39 Å². The molecule has 0 aromatic heterocycles. The highest BCUT2D eigenvalue weighted by Gasteiger charge is 2.34. The van der Waals surface area contributed by atoms with Crippen molar-refractivity contribution in [2.24, 2.45) is 0 Å². The van der Waals surface area contributed by atoms with Crippen molar-refractivity contribution >= 4 is 5.91 Å². The topological polar surface area (TPSA) is 47.6 Å². The van der Waals surface area contributed by atoms with Crippen LogP contribution in [0.5, 0.6) is 11.5 Å². The first-order valence-corrected chi connectivity index (χ1v) is 8.30. The first-order valence-electron chi connectivity index (χ1n) is 8.30. The number of nitrogens with one attached hydrogen (secondary N) is 1. The minimum atomic E-state index is -0.363. The molecule has 0 saturated carbocycles. The fourth-order valence-electron chi connectivity index (χ4n) is 3.02. The second kappa shape index (κ2) is 6.75. The van der Waals surface area contributed by atoms with Gasteiger partial charge in [-0.1, -0.05) is 17.7 Å². The molecule has 0 aliphatic carbocycles. The molecule has 0 bridgehead atoms. The average Bonchev–Trinajstić information content (AvgIpc) is 2.54. The summed E-state index contributed by atoms with van der Waals surface area (Å²) in [5, 5.41) is 3.02. The Bertz CT molecular complexity index is 771. The predicted molar refractivity (Wildman–Crippen MR) is 93.3 cm³/mol. The molecule has 0 spiro atoms. The maximum atomic E-state index is 12.9. The summed E-state index contributed by atoms with van der Waals surface area (Å²) in [6, 6.07) is 11.4. The lowest BCUT2D eigenvalue weighted by Crippen LogP contribution is -2.42. The third-order valence-electron chi connectivity index (χ3n) is 4.14. The van der Waals surface area contributed by atoms with Gasteiger partial charge in [-0.15, -0.1) is 0 Å². The van der Waals surface area contributed by atoms with Crippen LogP contribution >= 0.6 is 0 Å². The first kappa shape index (κ1) is 17.3. The zero-order chi connectivity index (χ0) is 18.0. The van der Waals surface area contributed by atoms with Crippen molar-refractivity contribution in [1.82, 2.24) is 5.32 Å². The van der Waals surface area contributed by atoms with Crippen LogP contribution in [-0.4, -0.2) is 18.1 Å². The van der Waals surface area contributed by atoms with Crippen LogP contribution < -0.4 is 14.8 Å². The van der Waals surface area contributed by atoms with Gasteiger partial charge in [0, 0.05) is 12.0 Å². The van der Waals surface area contributed by atoms with E-state index in [2.05, 4.69) is 5.32 Å². The van der Waals surface area contributed by atoms with Crippen molar-refractivity contribution in [3.8, 4) is 11.5 Å². The molecule has 0 radical (unpaired) electrons. The first-order chi connectivity index (χ1) is 11.8. The van der Waals surface area contributed by atoms with E-state index >= 15 is 0 Å². The third kappa shape index (κ3) is 4.29. The van der Waals surface area contributed by atoms with Crippen LogP contribution in [0.1, 0.15) is 37.4 Å². The number of ether oxygens (including phenoxy) is 2. The summed E-state index contributed by atoms with van der Waals surface area (Å²) in [6.45, 7) is 5.90. The van der Waals surface area contributed by atoms with Crippen LogP contribution in [0.3, 0.4) is 0 Å². The van der Waals surface area contributed by atoms with E-state index in [9.17, 15) is 9.18 Å². The van der Waals surface area contributed by atoms with Crippen molar-refractivity contribution in [3.63, 3.8) is 0 Å². The fourth-order valence-corrected chi connectivity index (χ4v) is 3.02. The highest BCUT2D eigenvalue weighted by atomic mass is 19.1. The molecule has 132 valence electrons. The van der Waals surface area contributed by atoms with Gasteiger partial charge in [0.05, 0.1) is 6.04 Å². The van der Waals surface area contributed by atoms with Gasteiger partial charge in [0.2, 0.25) is 0 Å². The number of aryl methyl sites for hydroxylation is 1. The number of halogens is 1. The van der Waals surface area contributed by atoms with E-state index in [4.69, 9.17) is 9.47 Å². The molecule has 0 unspecified atom stereocenters. The molecule has 25 heavy (non-hydrogen) atoms. The molecule has 0 saturated heterocycles. The zero-order valence-electron chi connectivity index (χ0n) is 14.6. The largest absolute Gasteiger partial charge is 0.487 e. The molecule has 2 aromatic rings. The Labute approximate surface area is 147 Å². The molecule has 5 heteroatoms. The minimum absolute atomic E-state index is 0.120. The molecule has 0 fully saturated rings. The number of rotatable bonds is 4. The van der Waals surface area contributed by atoms with E-state index in [0.717, 1.165) is 16.9 Å². The SMILES string of the molecule is Cc1ccc2c(c1)[C@@H](NC(=O)COc1ccc(F)cc1)CC(C)(C)O2. The second-order valence-electron chi connectivity index (χ2n) is 6.97. The number of hydrogen-bond donors (Lipinski definition) is 1. The third-order valence-corrected chi connectivity index (χ3v) is 4.14. The minimum Gasteiger partial charge on any atom is -0.487 e. The number of fused-ring (bicyclic) bond motifs is 1. The van der Waals surface area contributed by atoms with Crippen LogP contribution in [0, 0.1) is 12.7 Å². The lowest BCUT2D eigenvalue weighted by atomic mass is 9.89. The normalized spacial score (nSPS) is 18.0. The second-order valence-corrected chi connectivity index (χ2v) is 6.97. The summed E-state index contributed by atoms with van der Waals surface area (Å²) in [6.07, 6.45) is 0.672. The van der Waals surface area contributed by atoms with Crippen molar-refractivity contribution in [3.05, 3.63) is 59.4 Å². The van der Waals surface area contributed by atoms with Gasteiger partial charge in [0.1, 0.15) is 22.9 Å². The Balaban J connectivity index is 1.68. The lowest BCUT2D eigenvalue weighted by Gasteiger charge is -2.38. The number of amides is 1. The highest BCUT2D eigenvalue weighted by molar-refractivity contribution is 5.78. The zero-order valence-corrected chi connectivity index (χ0v) is 14.6. The van der Waals surface area contributed by atoms with Gasteiger partial charge in [-0.3, -0.25) is 4.79 Å². The standard InChI is InChI=1S/C20H22FNO3/c1-13-4-9-18-16(10-13)17(11-20(2,3)25-18)22-19(23)12-24-15-7-5-14(21)6-8-15/h4-10,17H,11-12H2,1-3H3,(H,22,23)/t17-/m0/s1. The molecular formula is C20H22FNO3. The lowest BCUT2D eigenvalue weighted by molar-refractivity contribution is -0.124. The van der Waals surface area contributed by atoms with Crippen molar-refractivity contribution in [2.45, 2.75) is 38.8 Å². The maximum absolute atomic E-state index is 12.9. The summed E-state index contributed by atoms with van der Waals surface area (Å²) in [7, 11) is 0. The van der Waals surface area contributed by atoms with E-state index < -0.39 is 0 Å². The van der Waals surface area contributed by atoms with Gasteiger partial charge in [-0.2, -0.15) is 0 Å². The Morgan fingerprint density at radius 1 is 1.28 bits per heavy atom. The van der Waals surface area contributed by atoms with E-state index in [1.807, 2.05) is 39.0 Å². The smallest absolute Gasteiger partial charge is 0.258 e. The molecule has 1 N–H and O–H groups in total. The van der Waals surface area contributed by atoms with Gasteiger partial charge in [-0.05, 0) is 51.1 Å². The summed E-state index contributed by atoms with van der Waals surface area (Å²) >= 11 is 0. The molecular weight excluding hydrogens is 321 g/mol. The van der Waals surface area contributed by atoms with Crippen LogP contribution in [0.25, 0.3) is 0 Å². The maximum Gasteiger partial charge on any atom is 0.258 e. The van der Waals surface area contributed by atoms with Gasteiger partial charge >= 0.3 is 0 Å². The van der Waals surface area contributed by atoms with Gasteiger partial charge in [0.15, 0.2) is 6.61 Å². The van der Waals surface area contributed by atoms with Crippen molar-refractivity contribution < 1.29 is 18.7 Å². The van der Waals surface area contributed by atoms with Crippen LogP contribution in [0.2, 0.25) is 0 Å². The van der Waals surface area contributed by atoms with E-state index in [1.165, 1.54) is 24.3 Å². The summed E-state index contributed by atoms with van der Waals surface area (Å²) in [4.78, 5) is 12.3. The average molecular weight is 343 g/mol. The van der Waals surface area contributed by atoms with E-state index in [-0.39, 0.29) is 30.0 Å². The molecule has 4 nitrogen and oxygen atoms in total. The summed E-state index contributed by atoms with van der Waals surface area (Å²) < 4.78 is 24.3. The number of carbonyl (C=O) groups excluding carboxylic acids is 1. The molecule has 1 amide bonds. The summed E-state index contributed by atoms with van der Waals surface area (Å²) in [5.74, 6) is 0.694. The van der Waals surface area contributed by atoms with Crippen LogP contribution in [0.15, 0.2) is 42.5 Å². The van der Waals surface area contributed by atoms with Crippen molar-refractivity contribution in [2.75, 3.05) is 6.61 Å². The molecule has 1 aliphatic rings. The molecule has 1 aliphatic heterocycles. The monoisotopic (exact) mass is 343 g/mol. The fraction of sp³-hybridized carbons (Fsp3) is 0.350. The Morgan fingerprint density at radius 2 is 2.00 bits per heavy atom. The molecule has 1 heterocycles. The van der Waals surface area contributed by atoms with E-state index in [0.29, 0.717) is 12.2 Å². The molecule has 3 rings (SSSR count). The number of carbonyl (C=O) groups is 1. The highest BCUT2D eigenvalue weighted by Crippen LogP contribution is 2.39. The van der Waals surface area contributed by atoms with Gasteiger partial charge < -0.3 is 14.8 Å².